The summed E-state index contributed by atoms with van der Waals surface area (Å²) >= 11 is 0. The van der Waals surface area contributed by atoms with Gasteiger partial charge in [-0.3, -0.25) is 9.59 Å². The van der Waals surface area contributed by atoms with E-state index in [1.54, 1.807) is 55.4 Å². The quantitative estimate of drug-likeness (QED) is 0.142. The Morgan fingerprint density at radius 2 is 1.71 bits per heavy atom. The lowest BCUT2D eigenvalue weighted by Crippen LogP contribution is -2.60. The summed E-state index contributed by atoms with van der Waals surface area (Å²) in [6.07, 6.45) is -8.52. The number of carbonyl (C=O) groups is 2. The molecule has 3 aliphatic rings. The van der Waals surface area contributed by atoms with Crippen molar-refractivity contribution in [3.63, 3.8) is 0 Å². The van der Waals surface area contributed by atoms with Crippen molar-refractivity contribution in [1.82, 2.24) is 4.90 Å². The Kier molecular flexibility index (Phi) is 15.1. The summed E-state index contributed by atoms with van der Waals surface area (Å²) < 4.78 is 43.3. The largest absolute Gasteiger partial charge is 0.459 e. The maximum Gasteiger partial charge on any atom is 0.311 e. The zero-order valence-corrected chi connectivity index (χ0v) is 33.5. The highest BCUT2D eigenvalue weighted by molar-refractivity contribution is 5.75. The normalized spacial score (nSPS) is 39.5. The van der Waals surface area contributed by atoms with E-state index in [4.69, 9.17) is 38.9 Å². The van der Waals surface area contributed by atoms with Crippen molar-refractivity contribution in [3.8, 4) is 0 Å². The van der Waals surface area contributed by atoms with Gasteiger partial charge in [0.05, 0.1) is 35.7 Å². The summed E-state index contributed by atoms with van der Waals surface area (Å²) in [6, 6.07) is -1.10. The van der Waals surface area contributed by atoms with Gasteiger partial charge in [0.1, 0.15) is 41.7 Å². The molecule has 0 amide bonds. The van der Waals surface area contributed by atoms with Crippen LogP contribution in [0.3, 0.4) is 0 Å². The summed E-state index contributed by atoms with van der Waals surface area (Å²) in [5, 5.41) is 44.4. The molecule has 3 rings (SSSR count). The summed E-state index contributed by atoms with van der Waals surface area (Å²) in [5.41, 5.74) is 1.76. The molecule has 15 heteroatoms. The Hall–Kier alpha value is -1.50. The minimum absolute atomic E-state index is 0.105. The van der Waals surface area contributed by atoms with E-state index < -0.39 is 108 Å². The molecule has 0 saturated carbocycles. The van der Waals surface area contributed by atoms with Crippen LogP contribution in [-0.2, 0) is 42.7 Å². The number of esters is 2. The Morgan fingerprint density at radius 1 is 1.10 bits per heavy atom. The number of ether oxygens (including phenoxy) is 7. The van der Waals surface area contributed by atoms with Gasteiger partial charge in [-0.15, -0.1) is 0 Å². The van der Waals surface area contributed by atoms with Crippen molar-refractivity contribution in [2.75, 3.05) is 21.2 Å². The van der Waals surface area contributed by atoms with Crippen LogP contribution < -0.4 is 5.73 Å². The van der Waals surface area contributed by atoms with Gasteiger partial charge in [-0.1, -0.05) is 20.8 Å². The van der Waals surface area contributed by atoms with E-state index in [9.17, 15) is 30.0 Å². The van der Waals surface area contributed by atoms with Gasteiger partial charge in [-0.2, -0.15) is 0 Å². The first-order valence-electron chi connectivity index (χ1n) is 18.7. The molecule has 0 bridgehead atoms. The van der Waals surface area contributed by atoms with Crippen LogP contribution in [0, 0.1) is 17.8 Å². The van der Waals surface area contributed by atoms with Crippen molar-refractivity contribution >= 4 is 11.9 Å². The smallest absolute Gasteiger partial charge is 0.311 e. The molecule has 3 heterocycles. The van der Waals surface area contributed by atoms with Gasteiger partial charge in [0.25, 0.3) is 0 Å². The van der Waals surface area contributed by atoms with Crippen molar-refractivity contribution in [2.24, 2.45) is 23.5 Å². The number of nitrogens with two attached hydrogens (primary N) is 1. The van der Waals surface area contributed by atoms with Gasteiger partial charge in [-0.25, -0.2) is 0 Å². The summed E-state index contributed by atoms with van der Waals surface area (Å²) in [5.74, 6) is -3.41. The number of rotatable bonds is 16. The first kappa shape index (κ1) is 44.9. The van der Waals surface area contributed by atoms with E-state index in [1.807, 2.05) is 25.9 Å². The third kappa shape index (κ3) is 9.65. The SMILES string of the molecule is CC[C@@H](OC(=O)[C@H](C)[C@@H](O[C@H]1C[C@@](C)(OC)[C@@H](O)[C@H](C)O1)[C@H](C)[C@@H](O[C@@H]1O[C@H](C)C[C@H](N(C)C)[C@H]1O)[C@@]1(C)C[C@@H](C)C(=O)O1)[C@@](C)(O)[C@H](O)[C@@H](C)N. The van der Waals surface area contributed by atoms with Crippen molar-refractivity contribution in [3.05, 3.63) is 0 Å². The zero-order chi connectivity index (χ0) is 39.7. The van der Waals surface area contributed by atoms with Crippen molar-refractivity contribution in [2.45, 2.75) is 185 Å². The summed E-state index contributed by atoms with van der Waals surface area (Å²) in [4.78, 5) is 29.0. The number of methoxy groups -OCH3 is 1. The number of aliphatic hydroxyl groups excluding tert-OH is 3. The van der Waals surface area contributed by atoms with E-state index >= 15 is 0 Å². The van der Waals surface area contributed by atoms with Crippen molar-refractivity contribution in [1.29, 1.82) is 0 Å². The van der Waals surface area contributed by atoms with Crippen LogP contribution in [0.4, 0.5) is 0 Å². The zero-order valence-electron chi connectivity index (χ0n) is 33.5. The minimum Gasteiger partial charge on any atom is -0.459 e. The number of carbonyl (C=O) groups excluding carboxylic acids is 2. The Morgan fingerprint density at radius 3 is 2.21 bits per heavy atom. The second kappa shape index (κ2) is 17.5. The van der Waals surface area contributed by atoms with Gasteiger partial charge < -0.3 is 64.2 Å². The molecule has 0 aromatic carbocycles. The standard InChI is InChI=1S/C37H68N2O13/c1-14-25(37(10,45)29(41)22(6)38)49-33(44)21(5)28(50-26-17-35(8,46-13)30(42)23(7)48-26)20(4)31(36(9)16-18(2)32(43)52-36)51-34-27(40)24(39(11)12)15-19(3)47-34/h18-31,34,40-42,45H,14-17,38H2,1-13H3/t18-,19-,20+,21-,22-,23+,24+,25-,26+,27-,28+,29-,30+,31-,34+,35-,36-,37-/m1/s1. The Labute approximate surface area is 309 Å². The monoisotopic (exact) mass is 748 g/mol. The molecule has 3 fully saturated rings. The number of hydrogen-bond acceptors (Lipinski definition) is 15. The number of nitrogens with zero attached hydrogens (tertiary/aromatic N) is 1. The lowest BCUT2D eigenvalue weighted by atomic mass is 9.79. The molecule has 18 atom stereocenters. The van der Waals surface area contributed by atoms with Crippen LogP contribution in [0.25, 0.3) is 0 Å². The van der Waals surface area contributed by atoms with E-state index in [1.165, 1.54) is 14.0 Å². The molecular weight excluding hydrogens is 680 g/mol. The van der Waals surface area contributed by atoms with Crippen LogP contribution in [0.2, 0.25) is 0 Å². The molecular formula is C37H68N2O13. The molecule has 304 valence electrons. The molecule has 3 aliphatic heterocycles. The van der Waals surface area contributed by atoms with Crippen molar-refractivity contribution < 1.29 is 63.2 Å². The average molecular weight is 749 g/mol. The first-order chi connectivity index (χ1) is 23.9. The predicted molar refractivity (Wildman–Crippen MR) is 190 cm³/mol. The third-order valence-corrected chi connectivity index (χ3v) is 11.6. The van der Waals surface area contributed by atoms with E-state index in [0.717, 1.165) is 0 Å². The number of cyclic esters (lactones) is 1. The summed E-state index contributed by atoms with van der Waals surface area (Å²) in [7, 11) is 5.22. The fourth-order valence-corrected chi connectivity index (χ4v) is 8.22. The molecule has 0 aromatic heterocycles. The number of likely N-dealkylation sites (N-methyl/N-ethyl adjacent to an activating group) is 1. The van der Waals surface area contributed by atoms with Gasteiger partial charge in [0, 0.05) is 38.0 Å². The van der Waals surface area contributed by atoms with Crippen LogP contribution in [-0.4, -0.2) is 149 Å². The average Bonchev–Trinajstić information content (AvgIpc) is 3.34. The second-order valence-electron chi connectivity index (χ2n) is 16.5. The molecule has 0 aromatic rings. The maximum atomic E-state index is 14.1. The highest BCUT2D eigenvalue weighted by atomic mass is 16.7. The topological polar surface area (TPSA) is 209 Å². The maximum absolute atomic E-state index is 14.1. The fraction of sp³-hybridized carbons (Fsp3) is 0.946. The van der Waals surface area contributed by atoms with E-state index in [-0.39, 0.29) is 31.4 Å². The minimum atomic E-state index is -1.87. The van der Waals surface area contributed by atoms with Crippen LogP contribution in [0.1, 0.15) is 94.9 Å². The molecule has 15 nitrogen and oxygen atoms in total. The predicted octanol–water partition coefficient (Wildman–Crippen LogP) is 1.48. The first-order valence-corrected chi connectivity index (χ1v) is 18.7. The molecule has 0 unspecified atom stereocenters. The van der Waals surface area contributed by atoms with Gasteiger partial charge in [-0.05, 0) is 75.4 Å². The second-order valence-corrected chi connectivity index (χ2v) is 16.5. The van der Waals surface area contributed by atoms with Gasteiger partial charge in [0.2, 0.25) is 0 Å². The number of hydrogen-bond donors (Lipinski definition) is 5. The Bertz CT molecular complexity index is 1190. The van der Waals surface area contributed by atoms with Crippen LogP contribution in [0.5, 0.6) is 0 Å². The third-order valence-electron chi connectivity index (χ3n) is 11.6. The van der Waals surface area contributed by atoms with E-state index in [2.05, 4.69) is 0 Å². The fourth-order valence-electron chi connectivity index (χ4n) is 8.22. The van der Waals surface area contributed by atoms with E-state index in [0.29, 0.717) is 6.42 Å². The van der Waals surface area contributed by atoms with Gasteiger partial charge >= 0.3 is 11.9 Å². The Balaban J connectivity index is 2.09. The molecule has 0 radical (unpaired) electrons. The van der Waals surface area contributed by atoms with Gasteiger partial charge in [0.15, 0.2) is 12.6 Å². The molecule has 52 heavy (non-hydrogen) atoms. The highest BCUT2D eigenvalue weighted by Crippen LogP contribution is 2.43. The summed E-state index contributed by atoms with van der Waals surface area (Å²) in [6.45, 7) is 16.9. The molecule has 3 saturated heterocycles. The van der Waals surface area contributed by atoms with Crippen LogP contribution in [0.15, 0.2) is 0 Å². The lowest BCUT2D eigenvalue weighted by molar-refractivity contribution is -0.316. The number of aliphatic hydroxyl groups is 4. The molecule has 0 spiro atoms. The lowest BCUT2D eigenvalue weighted by Gasteiger charge is -2.48. The highest BCUT2D eigenvalue weighted by Gasteiger charge is 2.56. The molecule has 0 aliphatic carbocycles. The molecule has 6 N–H and O–H groups in total. The van der Waals surface area contributed by atoms with Crippen LogP contribution >= 0.6 is 0 Å².